The summed E-state index contributed by atoms with van der Waals surface area (Å²) in [6.07, 6.45) is 0.471. The number of hydrogen-bond acceptors (Lipinski definition) is 3. The lowest BCUT2D eigenvalue weighted by molar-refractivity contribution is -0.116. The molecule has 6 nitrogen and oxygen atoms in total. The molecule has 0 bridgehead atoms. The first kappa shape index (κ1) is 21.9. The number of para-hydroxylation sites is 2. The van der Waals surface area contributed by atoms with Gasteiger partial charge in [-0.05, 0) is 54.6 Å². The van der Waals surface area contributed by atoms with E-state index in [1.54, 1.807) is 48.5 Å². The summed E-state index contributed by atoms with van der Waals surface area (Å²) in [6, 6.07) is 21.3. The fourth-order valence-corrected chi connectivity index (χ4v) is 3.71. The maximum Gasteiger partial charge on any atom is 0.251 e. The highest BCUT2D eigenvalue weighted by Gasteiger charge is 2.14. The number of nitrogens with one attached hydrogen (secondary N) is 2. The highest BCUT2D eigenvalue weighted by molar-refractivity contribution is 6.31. The van der Waals surface area contributed by atoms with E-state index in [9.17, 15) is 9.59 Å². The molecule has 0 saturated carbocycles. The zero-order valence-electron chi connectivity index (χ0n) is 17.0. The van der Waals surface area contributed by atoms with Crippen molar-refractivity contribution in [1.82, 2.24) is 14.9 Å². The zero-order chi connectivity index (χ0) is 22.5. The molecule has 0 radical (unpaired) electrons. The molecular formula is C24H20Cl2N4O2. The van der Waals surface area contributed by atoms with E-state index in [-0.39, 0.29) is 18.4 Å². The Balaban J connectivity index is 1.46. The van der Waals surface area contributed by atoms with Crippen molar-refractivity contribution in [1.29, 1.82) is 0 Å². The number of halogens is 2. The summed E-state index contributed by atoms with van der Waals surface area (Å²) in [6.45, 7) is 0.466. The van der Waals surface area contributed by atoms with Gasteiger partial charge in [0, 0.05) is 34.3 Å². The summed E-state index contributed by atoms with van der Waals surface area (Å²) in [7, 11) is 0. The van der Waals surface area contributed by atoms with Crippen LogP contribution in [0.3, 0.4) is 0 Å². The Hall–Kier alpha value is -3.35. The van der Waals surface area contributed by atoms with Gasteiger partial charge in [-0.1, -0.05) is 41.4 Å². The van der Waals surface area contributed by atoms with Gasteiger partial charge in [0.15, 0.2) is 0 Å². The molecule has 2 amide bonds. The third kappa shape index (κ3) is 5.28. The Kier molecular flexibility index (Phi) is 6.73. The topological polar surface area (TPSA) is 76.0 Å². The highest BCUT2D eigenvalue weighted by atomic mass is 35.5. The first-order valence-electron chi connectivity index (χ1n) is 10.0. The van der Waals surface area contributed by atoms with Crippen LogP contribution < -0.4 is 10.6 Å². The molecule has 0 spiro atoms. The molecule has 1 aromatic heterocycles. The molecule has 4 rings (SSSR count). The highest BCUT2D eigenvalue weighted by Crippen LogP contribution is 2.18. The number of benzene rings is 3. The smallest absolute Gasteiger partial charge is 0.251 e. The van der Waals surface area contributed by atoms with Gasteiger partial charge in [-0.25, -0.2) is 4.98 Å². The first-order valence-corrected chi connectivity index (χ1v) is 10.8. The van der Waals surface area contributed by atoms with Gasteiger partial charge in [0.1, 0.15) is 12.4 Å². The van der Waals surface area contributed by atoms with Crippen LogP contribution in [0.2, 0.25) is 10.0 Å². The van der Waals surface area contributed by atoms with Crippen molar-refractivity contribution < 1.29 is 9.59 Å². The largest absolute Gasteiger partial charge is 0.352 e. The zero-order valence-corrected chi connectivity index (χ0v) is 18.5. The molecule has 0 aliphatic carbocycles. The van der Waals surface area contributed by atoms with Gasteiger partial charge in [-0.3, -0.25) is 9.59 Å². The molecule has 0 fully saturated rings. The molecular weight excluding hydrogens is 447 g/mol. The molecule has 8 heteroatoms. The van der Waals surface area contributed by atoms with Crippen molar-refractivity contribution in [3.05, 3.63) is 94.2 Å². The molecule has 32 heavy (non-hydrogen) atoms. The van der Waals surface area contributed by atoms with Crippen LogP contribution >= 0.6 is 23.2 Å². The Morgan fingerprint density at radius 2 is 1.69 bits per heavy atom. The van der Waals surface area contributed by atoms with Gasteiger partial charge >= 0.3 is 0 Å². The van der Waals surface area contributed by atoms with E-state index in [2.05, 4.69) is 15.6 Å². The van der Waals surface area contributed by atoms with Gasteiger partial charge in [0.2, 0.25) is 5.91 Å². The van der Waals surface area contributed by atoms with Crippen molar-refractivity contribution in [3.63, 3.8) is 0 Å². The number of anilines is 1. The van der Waals surface area contributed by atoms with Crippen LogP contribution in [0.15, 0.2) is 72.8 Å². The van der Waals surface area contributed by atoms with Crippen LogP contribution in [0.25, 0.3) is 11.0 Å². The van der Waals surface area contributed by atoms with Crippen molar-refractivity contribution in [2.45, 2.75) is 13.0 Å². The normalized spacial score (nSPS) is 10.8. The minimum atomic E-state index is -0.193. The summed E-state index contributed by atoms with van der Waals surface area (Å²) >= 11 is 11.9. The molecule has 0 unspecified atom stereocenters. The van der Waals surface area contributed by atoms with Crippen LogP contribution in [0.1, 0.15) is 16.2 Å². The molecule has 3 aromatic carbocycles. The SMILES string of the molecule is O=C(Cn1c(CCNC(=O)c2ccc(Cl)cc2)nc2ccccc21)Nc1cccc(Cl)c1. The monoisotopic (exact) mass is 466 g/mol. The number of fused-ring (bicyclic) bond motifs is 1. The lowest BCUT2D eigenvalue weighted by Crippen LogP contribution is -2.27. The van der Waals surface area contributed by atoms with E-state index in [1.165, 1.54) is 0 Å². The summed E-state index contributed by atoms with van der Waals surface area (Å²) in [5, 5.41) is 6.87. The van der Waals surface area contributed by atoms with E-state index >= 15 is 0 Å². The molecule has 2 N–H and O–H groups in total. The van der Waals surface area contributed by atoms with Crippen LogP contribution in [0, 0.1) is 0 Å². The summed E-state index contributed by atoms with van der Waals surface area (Å²) in [5.41, 5.74) is 2.81. The third-order valence-corrected chi connectivity index (χ3v) is 5.37. The second kappa shape index (κ2) is 9.85. The average molecular weight is 467 g/mol. The van der Waals surface area contributed by atoms with E-state index < -0.39 is 0 Å². The Bertz CT molecular complexity index is 1270. The van der Waals surface area contributed by atoms with E-state index in [0.29, 0.717) is 40.1 Å². The number of carbonyl (C=O) groups excluding carboxylic acids is 2. The number of amides is 2. The lowest BCUT2D eigenvalue weighted by atomic mass is 10.2. The number of carbonyl (C=O) groups is 2. The lowest BCUT2D eigenvalue weighted by Gasteiger charge is -2.11. The maximum absolute atomic E-state index is 12.7. The predicted octanol–water partition coefficient (Wildman–Crippen LogP) is 4.95. The number of hydrogen-bond donors (Lipinski definition) is 2. The molecule has 1 heterocycles. The van der Waals surface area contributed by atoms with Gasteiger partial charge in [-0.15, -0.1) is 0 Å². The number of rotatable bonds is 7. The Morgan fingerprint density at radius 3 is 2.47 bits per heavy atom. The van der Waals surface area contributed by atoms with Gasteiger partial charge in [0.05, 0.1) is 11.0 Å². The summed E-state index contributed by atoms with van der Waals surface area (Å²) in [5.74, 6) is 0.328. The number of imidazole rings is 1. The molecule has 0 atom stereocenters. The molecule has 0 aliphatic rings. The minimum absolute atomic E-state index is 0.0908. The van der Waals surface area contributed by atoms with Gasteiger partial charge in [-0.2, -0.15) is 0 Å². The molecule has 4 aromatic rings. The van der Waals surface area contributed by atoms with E-state index in [1.807, 2.05) is 28.8 Å². The third-order valence-electron chi connectivity index (χ3n) is 4.88. The van der Waals surface area contributed by atoms with Crippen molar-refractivity contribution in [3.8, 4) is 0 Å². The summed E-state index contributed by atoms with van der Waals surface area (Å²) in [4.78, 5) is 29.7. The molecule has 0 aliphatic heterocycles. The quantitative estimate of drug-likeness (QED) is 0.404. The van der Waals surface area contributed by atoms with E-state index in [4.69, 9.17) is 23.2 Å². The minimum Gasteiger partial charge on any atom is -0.352 e. The summed E-state index contributed by atoms with van der Waals surface area (Å²) < 4.78 is 1.86. The van der Waals surface area contributed by atoms with Crippen LogP contribution in [-0.2, 0) is 17.8 Å². The van der Waals surface area contributed by atoms with E-state index in [0.717, 1.165) is 11.0 Å². The average Bonchev–Trinajstić information content (AvgIpc) is 3.11. The molecule has 0 saturated heterocycles. The van der Waals surface area contributed by atoms with Crippen LogP contribution in [-0.4, -0.2) is 27.9 Å². The fraction of sp³-hybridized carbons (Fsp3) is 0.125. The van der Waals surface area contributed by atoms with Crippen molar-refractivity contribution in [2.24, 2.45) is 0 Å². The second-order valence-electron chi connectivity index (χ2n) is 7.17. The first-order chi connectivity index (χ1) is 15.5. The fourth-order valence-electron chi connectivity index (χ4n) is 3.39. The van der Waals surface area contributed by atoms with Crippen LogP contribution in [0.4, 0.5) is 5.69 Å². The van der Waals surface area contributed by atoms with Gasteiger partial charge in [0.25, 0.3) is 5.91 Å². The van der Waals surface area contributed by atoms with Crippen LogP contribution in [0.5, 0.6) is 0 Å². The number of aromatic nitrogens is 2. The van der Waals surface area contributed by atoms with Crippen molar-refractivity contribution in [2.75, 3.05) is 11.9 Å². The van der Waals surface area contributed by atoms with Gasteiger partial charge < -0.3 is 15.2 Å². The van der Waals surface area contributed by atoms with Crippen molar-refractivity contribution >= 4 is 51.7 Å². The Morgan fingerprint density at radius 1 is 0.906 bits per heavy atom. The molecule has 162 valence electrons. The number of nitrogens with zero attached hydrogens (tertiary/aromatic N) is 2. The maximum atomic E-state index is 12.7. The second-order valence-corrected chi connectivity index (χ2v) is 8.05. The standard InChI is InChI=1S/C24H20Cl2N4O2/c25-17-10-8-16(9-11-17)24(32)27-13-12-22-29-20-6-1-2-7-21(20)30(22)15-23(31)28-19-5-3-4-18(26)14-19/h1-11,14H,12-13,15H2,(H,27,32)(H,28,31). The predicted molar refractivity (Wildman–Crippen MR) is 127 cm³/mol. The Labute approximate surface area is 195 Å².